The van der Waals surface area contributed by atoms with E-state index in [2.05, 4.69) is 0 Å². The molecule has 0 aromatic carbocycles. The summed E-state index contributed by atoms with van der Waals surface area (Å²) in [5.74, 6) is 0.521. The van der Waals surface area contributed by atoms with Crippen molar-refractivity contribution in [1.29, 1.82) is 0 Å². The van der Waals surface area contributed by atoms with Gasteiger partial charge in [-0.15, -0.1) is 0 Å². The van der Waals surface area contributed by atoms with Crippen LogP contribution >= 0.6 is 0 Å². The lowest BCUT2D eigenvalue weighted by atomic mass is 10.1. The average Bonchev–Trinajstić information content (AvgIpc) is 2.43. The van der Waals surface area contributed by atoms with E-state index in [9.17, 15) is 4.79 Å². The van der Waals surface area contributed by atoms with Crippen LogP contribution in [0.25, 0.3) is 0 Å². The lowest BCUT2D eigenvalue weighted by molar-refractivity contribution is 0.474. The van der Waals surface area contributed by atoms with Crippen molar-refractivity contribution in [1.82, 2.24) is 0 Å². The Kier molecular flexibility index (Phi) is 2.26. The third kappa shape index (κ3) is 1.26. The Bertz CT molecular complexity index is 189. The Hall–Kier alpha value is -1.05. The average molecular weight is 137 g/mol. The summed E-state index contributed by atoms with van der Waals surface area (Å²) in [6.45, 7) is 1.93. The first kappa shape index (κ1) is 7.06. The number of hydrogen-bond acceptors (Lipinski definition) is 2. The van der Waals surface area contributed by atoms with Crippen molar-refractivity contribution in [3.05, 3.63) is 24.2 Å². The first-order valence-corrected chi connectivity index (χ1v) is 3.29. The van der Waals surface area contributed by atoms with Gasteiger partial charge in [-0.05, 0) is 18.6 Å². The Morgan fingerprint density at radius 1 is 1.80 bits per heavy atom. The van der Waals surface area contributed by atoms with E-state index in [0.717, 1.165) is 6.42 Å². The van der Waals surface area contributed by atoms with Crippen LogP contribution in [0.3, 0.4) is 0 Å². The lowest BCUT2D eigenvalue weighted by Crippen LogP contribution is -1.95. The summed E-state index contributed by atoms with van der Waals surface area (Å²) < 4.78 is 5.01. The Morgan fingerprint density at radius 2 is 2.60 bits per heavy atom. The Morgan fingerprint density at radius 3 is 3.00 bits per heavy atom. The van der Waals surface area contributed by atoms with E-state index in [0.29, 0.717) is 5.76 Å². The highest BCUT2D eigenvalue weighted by molar-refractivity contribution is 5.61. The Labute approximate surface area is 59.8 Å². The molecule has 0 saturated heterocycles. The third-order valence-electron chi connectivity index (χ3n) is 1.44. The lowest BCUT2D eigenvalue weighted by Gasteiger charge is -1.98. The van der Waals surface area contributed by atoms with E-state index in [1.54, 1.807) is 18.4 Å². The molecule has 0 amide bonds. The maximum absolute atomic E-state index is 10.2. The zero-order valence-corrected chi connectivity index (χ0v) is 5.83. The molecule has 0 fully saturated rings. The van der Waals surface area contributed by atoms with Crippen molar-refractivity contribution < 1.29 is 9.21 Å². The van der Waals surface area contributed by atoms with Crippen LogP contribution in [-0.2, 0) is 4.79 Å². The minimum Gasteiger partial charge on any atom is -0.469 e. The second-order valence-corrected chi connectivity index (χ2v) is 2.09. The van der Waals surface area contributed by atoms with Crippen LogP contribution in [0.4, 0.5) is 0 Å². The fourth-order valence-electron chi connectivity index (χ4n) is 0.832. The molecular weight excluding hydrogens is 128 g/mol. The molecule has 0 spiro atoms. The summed E-state index contributed by atoms with van der Waals surface area (Å²) in [6.07, 6.45) is 4.22. The molecule has 1 aromatic rings. The topological polar surface area (TPSA) is 30.2 Å². The molecule has 0 saturated carbocycles. The standard InChI is InChI=1S/C8H9O2/c1-2-7(6-9)8-4-3-5-10-8/h3-5,7H,2H2,1H3. The summed E-state index contributed by atoms with van der Waals surface area (Å²) in [4.78, 5) is 10.2. The fourth-order valence-corrected chi connectivity index (χ4v) is 0.832. The summed E-state index contributed by atoms with van der Waals surface area (Å²) in [5, 5.41) is 0. The smallest absolute Gasteiger partial charge is 0.209 e. The number of carbonyl (C=O) groups excluding carboxylic acids is 1. The molecule has 1 rings (SSSR count). The first-order chi connectivity index (χ1) is 4.88. The minimum atomic E-state index is -0.185. The van der Waals surface area contributed by atoms with E-state index in [1.807, 2.05) is 13.2 Å². The quantitative estimate of drug-likeness (QED) is 0.636. The van der Waals surface area contributed by atoms with E-state index in [-0.39, 0.29) is 5.92 Å². The van der Waals surface area contributed by atoms with Gasteiger partial charge in [-0.3, -0.25) is 4.79 Å². The normalized spacial score (nSPS) is 12.9. The number of furan rings is 1. The van der Waals surface area contributed by atoms with Crippen LogP contribution in [0.15, 0.2) is 22.8 Å². The Balaban J connectivity index is 2.73. The highest BCUT2D eigenvalue weighted by Crippen LogP contribution is 2.16. The van der Waals surface area contributed by atoms with Crippen LogP contribution in [0, 0.1) is 0 Å². The second kappa shape index (κ2) is 3.20. The van der Waals surface area contributed by atoms with Gasteiger partial charge in [0.05, 0.1) is 12.2 Å². The SMILES string of the molecule is CCC([C]=O)c1ccco1. The molecule has 0 bridgehead atoms. The molecule has 1 unspecified atom stereocenters. The molecule has 0 N–H and O–H groups in total. The van der Waals surface area contributed by atoms with Crippen LogP contribution in [0.5, 0.6) is 0 Å². The van der Waals surface area contributed by atoms with E-state index < -0.39 is 0 Å². The summed E-state index contributed by atoms with van der Waals surface area (Å²) >= 11 is 0. The summed E-state index contributed by atoms with van der Waals surface area (Å²) in [7, 11) is 0. The van der Waals surface area contributed by atoms with Gasteiger partial charge in [0.15, 0.2) is 0 Å². The van der Waals surface area contributed by atoms with Gasteiger partial charge in [-0.2, -0.15) is 0 Å². The highest BCUT2D eigenvalue weighted by atomic mass is 16.3. The molecule has 1 radical (unpaired) electrons. The predicted molar refractivity (Wildman–Crippen MR) is 37.4 cm³/mol. The van der Waals surface area contributed by atoms with Gasteiger partial charge in [-0.25, -0.2) is 0 Å². The van der Waals surface area contributed by atoms with Crippen molar-refractivity contribution in [2.75, 3.05) is 0 Å². The molecule has 1 heterocycles. The van der Waals surface area contributed by atoms with Crippen molar-refractivity contribution in [2.24, 2.45) is 0 Å². The highest BCUT2D eigenvalue weighted by Gasteiger charge is 2.10. The van der Waals surface area contributed by atoms with Gasteiger partial charge in [0.2, 0.25) is 6.29 Å². The molecule has 53 valence electrons. The van der Waals surface area contributed by atoms with Gasteiger partial charge in [-0.1, -0.05) is 6.92 Å². The van der Waals surface area contributed by atoms with E-state index in [4.69, 9.17) is 4.42 Å². The van der Waals surface area contributed by atoms with Gasteiger partial charge in [0.25, 0.3) is 0 Å². The van der Waals surface area contributed by atoms with Crippen LogP contribution in [0.1, 0.15) is 25.0 Å². The predicted octanol–water partition coefficient (Wildman–Crippen LogP) is 1.88. The molecule has 10 heavy (non-hydrogen) atoms. The summed E-state index contributed by atoms with van der Waals surface area (Å²) in [5.41, 5.74) is 0. The minimum absolute atomic E-state index is 0.185. The van der Waals surface area contributed by atoms with E-state index in [1.165, 1.54) is 0 Å². The zero-order valence-electron chi connectivity index (χ0n) is 5.83. The van der Waals surface area contributed by atoms with Crippen LogP contribution in [-0.4, -0.2) is 6.29 Å². The number of rotatable bonds is 3. The molecule has 2 nitrogen and oxygen atoms in total. The maximum atomic E-state index is 10.2. The van der Waals surface area contributed by atoms with Crippen molar-refractivity contribution in [3.63, 3.8) is 0 Å². The van der Waals surface area contributed by atoms with Crippen LogP contribution < -0.4 is 0 Å². The van der Waals surface area contributed by atoms with Crippen molar-refractivity contribution >= 4 is 6.29 Å². The molecule has 0 aliphatic rings. The molecular formula is C8H9O2. The first-order valence-electron chi connectivity index (χ1n) is 3.29. The van der Waals surface area contributed by atoms with Crippen molar-refractivity contribution in [2.45, 2.75) is 19.3 Å². The largest absolute Gasteiger partial charge is 0.469 e. The molecule has 1 atom stereocenters. The second-order valence-electron chi connectivity index (χ2n) is 2.09. The molecule has 2 heteroatoms. The van der Waals surface area contributed by atoms with Gasteiger partial charge in [0.1, 0.15) is 5.76 Å². The summed E-state index contributed by atoms with van der Waals surface area (Å²) in [6, 6.07) is 3.56. The fraction of sp³-hybridized carbons (Fsp3) is 0.375. The molecule has 0 aliphatic carbocycles. The van der Waals surface area contributed by atoms with E-state index >= 15 is 0 Å². The monoisotopic (exact) mass is 137 g/mol. The third-order valence-corrected chi connectivity index (χ3v) is 1.44. The molecule has 1 aromatic heterocycles. The van der Waals surface area contributed by atoms with Gasteiger partial charge < -0.3 is 4.42 Å². The van der Waals surface area contributed by atoms with Crippen molar-refractivity contribution in [3.8, 4) is 0 Å². The van der Waals surface area contributed by atoms with Crippen LogP contribution in [0.2, 0.25) is 0 Å². The zero-order chi connectivity index (χ0) is 7.40. The van der Waals surface area contributed by atoms with Gasteiger partial charge in [0, 0.05) is 0 Å². The molecule has 0 aliphatic heterocycles. The van der Waals surface area contributed by atoms with Gasteiger partial charge >= 0.3 is 0 Å². The maximum Gasteiger partial charge on any atom is 0.209 e. The number of hydrogen-bond donors (Lipinski definition) is 0.